The summed E-state index contributed by atoms with van der Waals surface area (Å²) in [5.74, 6) is 1.60. The van der Waals surface area contributed by atoms with Crippen LogP contribution in [-0.4, -0.2) is 42.8 Å². The van der Waals surface area contributed by atoms with Gasteiger partial charge in [-0.25, -0.2) is 0 Å². The average Bonchev–Trinajstić information content (AvgIpc) is 2.48. The zero-order chi connectivity index (χ0) is 16.6. The summed E-state index contributed by atoms with van der Waals surface area (Å²) in [4.78, 5) is 0. The standard InChI is InChI=1S/C16H28O5Si/c1-7-19-22(20-8-2,21-9-3)12-14-10-11-15(17-5)13(4)16(14)18-6/h10-11H,7-9,12H2,1-6H3. The van der Waals surface area contributed by atoms with Crippen LogP contribution < -0.4 is 9.47 Å². The molecular formula is C16H28O5Si. The number of hydrogen-bond acceptors (Lipinski definition) is 5. The maximum Gasteiger partial charge on any atom is 0.505 e. The fraction of sp³-hybridized carbons (Fsp3) is 0.625. The summed E-state index contributed by atoms with van der Waals surface area (Å²) in [5.41, 5.74) is 1.98. The summed E-state index contributed by atoms with van der Waals surface area (Å²) < 4.78 is 28.7. The molecule has 0 spiro atoms. The Balaban J connectivity index is 3.19. The topological polar surface area (TPSA) is 46.2 Å². The Labute approximate surface area is 134 Å². The highest BCUT2D eigenvalue weighted by Gasteiger charge is 2.41. The zero-order valence-corrected chi connectivity index (χ0v) is 15.5. The molecule has 0 aromatic heterocycles. The van der Waals surface area contributed by atoms with Gasteiger partial charge in [0.05, 0.1) is 14.2 Å². The smallest absolute Gasteiger partial charge is 0.496 e. The van der Waals surface area contributed by atoms with Crippen LogP contribution in [0.1, 0.15) is 31.9 Å². The summed E-state index contributed by atoms with van der Waals surface area (Å²) in [5, 5.41) is 0. The summed E-state index contributed by atoms with van der Waals surface area (Å²) in [6.07, 6.45) is 0. The van der Waals surface area contributed by atoms with Crippen molar-refractivity contribution in [1.29, 1.82) is 0 Å². The second kappa shape index (κ2) is 9.15. The normalized spacial score (nSPS) is 11.5. The molecule has 22 heavy (non-hydrogen) atoms. The van der Waals surface area contributed by atoms with Crippen molar-refractivity contribution < 1.29 is 22.8 Å². The summed E-state index contributed by atoms with van der Waals surface area (Å²) in [6.45, 7) is 9.52. The van der Waals surface area contributed by atoms with E-state index in [-0.39, 0.29) is 0 Å². The van der Waals surface area contributed by atoms with Crippen molar-refractivity contribution in [3.8, 4) is 11.5 Å². The van der Waals surface area contributed by atoms with E-state index in [4.69, 9.17) is 22.8 Å². The molecular weight excluding hydrogens is 300 g/mol. The van der Waals surface area contributed by atoms with Gasteiger partial charge in [0.2, 0.25) is 0 Å². The Morgan fingerprint density at radius 1 is 0.864 bits per heavy atom. The van der Waals surface area contributed by atoms with Gasteiger partial charge in [0.25, 0.3) is 0 Å². The van der Waals surface area contributed by atoms with Crippen molar-refractivity contribution in [3.63, 3.8) is 0 Å². The third-order valence-corrected chi connectivity index (χ3v) is 6.36. The molecule has 0 aliphatic rings. The van der Waals surface area contributed by atoms with Crippen LogP contribution in [0.3, 0.4) is 0 Å². The Morgan fingerprint density at radius 2 is 1.41 bits per heavy atom. The molecule has 0 aliphatic heterocycles. The van der Waals surface area contributed by atoms with Gasteiger partial charge >= 0.3 is 8.80 Å². The van der Waals surface area contributed by atoms with E-state index >= 15 is 0 Å². The highest BCUT2D eigenvalue weighted by atomic mass is 28.4. The molecule has 1 rings (SSSR count). The van der Waals surface area contributed by atoms with Crippen molar-refractivity contribution in [2.45, 2.75) is 33.7 Å². The predicted octanol–water partition coefficient (Wildman–Crippen LogP) is 3.14. The largest absolute Gasteiger partial charge is 0.505 e. The van der Waals surface area contributed by atoms with Crippen molar-refractivity contribution in [2.75, 3.05) is 34.0 Å². The highest BCUT2D eigenvalue weighted by Crippen LogP contribution is 2.33. The van der Waals surface area contributed by atoms with Crippen molar-refractivity contribution >= 4 is 8.80 Å². The quantitative estimate of drug-likeness (QED) is 0.618. The molecule has 1 aromatic carbocycles. The van der Waals surface area contributed by atoms with Crippen LogP contribution in [-0.2, 0) is 19.3 Å². The fourth-order valence-electron chi connectivity index (χ4n) is 2.55. The number of methoxy groups -OCH3 is 2. The van der Waals surface area contributed by atoms with E-state index in [1.54, 1.807) is 14.2 Å². The Bertz CT molecular complexity index is 447. The van der Waals surface area contributed by atoms with Gasteiger partial charge < -0.3 is 22.8 Å². The first kappa shape index (κ1) is 19.0. The van der Waals surface area contributed by atoms with Gasteiger partial charge in [-0.1, -0.05) is 6.07 Å². The predicted molar refractivity (Wildman–Crippen MR) is 88.6 cm³/mol. The number of hydrogen-bond donors (Lipinski definition) is 0. The van der Waals surface area contributed by atoms with E-state index in [0.29, 0.717) is 25.9 Å². The molecule has 0 atom stereocenters. The molecule has 0 unspecified atom stereocenters. The Hall–Kier alpha value is -1.08. The molecule has 0 saturated carbocycles. The molecule has 0 radical (unpaired) electrons. The van der Waals surface area contributed by atoms with Gasteiger partial charge in [0, 0.05) is 31.4 Å². The second-order valence-electron chi connectivity index (χ2n) is 4.74. The lowest BCUT2D eigenvalue weighted by Crippen LogP contribution is -2.48. The number of benzene rings is 1. The van der Waals surface area contributed by atoms with Crippen LogP contribution in [0, 0.1) is 6.92 Å². The lowest BCUT2D eigenvalue weighted by molar-refractivity contribution is 0.0702. The molecule has 0 aliphatic carbocycles. The van der Waals surface area contributed by atoms with E-state index in [1.165, 1.54) is 0 Å². The van der Waals surface area contributed by atoms with Crippen LogP contribution in [0.2, 0.25) is 0 Å². The van der Waals surface area contributed by atoms with E-state index in [2.05, 4.69) is 0 Å². The van der Waals surface area contributed by atoms with Crippen LogP contribution in [0.4, 0.5) is 0 Å². The van der Waals surface area contributed by atoms with Gasteiger partial charge in [-0.2, -0.15) is 0 Å². The Kier molecular flexibility index (Phi) is 7.88. The molecule has 0 amide bonds. The summed E-state index contributed by atoms with van der Waals surface area (Å²) in [7, 11) is 0.562. The van der Waals surface area contributed by atoms with Crippen LogP contribution in [0.15, 0.2) is 12.1 Å². The molecule has 0 saturated heterocycles. The minimum Gasteiger partial charge on any atom is -0.496 e. The third kappa shape index (κ3) is 4.46. The van der Waals surface area contributed by atoms with Crippen molar-refractivity contribution in [1.82, 2.24) is 0 Å². The maximum absolute atomic E-state index is 5.92. The molecule has 6 heteroatoms. The van der Waals surface area contributed by atoms with Crippen LogP contribution >= 0.6 is 0 Å². The van der Waals surface area contributed by atoms with Gasteiger partial charge in [0.1, 0.15) is 11.5 Å². The van der Waals surface area contributed by atoms with E-state index in [1.807, 2.05) is 39.8 Å². The molecule has 5 nitrogen and oxygen atoms in total. The lowest BCUT2D eigenvalue weighted by Gasteiger charge is -2.29. The molecule has 0 N–H and O–H groups in total. The Morgan fingerprint density at radius 3 is 1.82 bits per heavy atom. The maximum atomic E-state index is 5.92. The molecule has 0 bridgehead atoms. The molecule has 0 heterocycles. The van der Waals surface area contributed by atoms with E-state index in [9.17, 15) is 0 Å². The van der Waals surface area contributed by atoms with E-state index < -0.39 is 8.80 Å². The zero-order valence-electron chi connectivity index (χ0n) is 14.5. The summed E-state index contributed by atoms with van der Waals surface area (Å²) in [6, 6.07) is 4.51. The molecule has 0 fully saturated rings. The van der Waals surface area contributed by atoms with Crippen LogP contribution in [0.5, 0.6) is 11.5 Å². The molecule has 126 valence electrons. The van der Waals surface area contributed by atoms with Crippen molar-refractivity contribution in [2.24, 2.45) is 0 Å². The van der Waals surface area contributed by atoms with Gasteiger partial charge in [-0.15, -0.1) is 0 Å². The van der Waals surface area contributed by atoms with Gasteiger partial charge in [-0.3, -0.25) is 0 Å². The number of rotatable bonds is 10. The third-order valence-electron chi connectivity index (χ3n) is 3.36. The highest BCUT2D eigenvalue weighted by molar-refractivity contribution is 6.60. The minimum absolute atomic E-state index is 0.559. The minimum atomic E-state index is -2.76. The van der Waals surface area contributed by atoms with Crippen molar-refractivity contribution in [3.05, 3.63) is 23.3 Å². The van der Waals surface area contributed by atoms with E-state index in [0.717, 1.165) is 22.6 Å². The van der Waals surface area contributed by atoms with Gasteiger partial charge in [0.15, 0.2) is 0 Å². The first-order chi connectivity index (χ1) is 10.6. The second-order valence-corrected chi connectivity index (χ2v) is 7.33. The molecule has 1 aromatic rings. The first-order valence-electron chi connectivity index (χ1n) is 7.69. The SMILES string of the molecule is CCO[Si](Cc1ccc(OC)c(C)c1OC)(OCC)OCC. The fourth-order valence-corrected chi connectivity index (χ4v) is 5.17. The first-order valence-corrected chi connectivity index (χ1v) is 9.62. The average molecular weight is 328 g/mol. The van der Waals surface area contributed by atoms with Gasteiger partial charge in [-0.05, 0) is 39.3 Å². The van der Waals surface area contributed by atoms with Crippen LogP contribution in [0.25, 0.3) is 0 Å². The lowest BCUT2D eigenvalue weighted by atomic mass is 10.1. The number of ether oxygens (including phenoxy) is 2. The monoisotopic (exact) mass is 328 g/mol. The summed E-state index contributed by atoms with van der Waals surface area (Å²) >= 11 is 0.